The lowest BCUT2D eigenvalue weighted by Gasteiger charge is -2.14. The van der Waals surface area contributed by atoms with Crippen molar-refractivity contribution >= 4 is 47.2 Å². The highest BCUT2D eigenvalue weighted by molar-refractivity contribution is 7.99. The van der Waals surface area contributed by atoms with Gasteiger partial charge in [0.1, 0.15) is 17.2 Å². The van der Waals surface area contributed by atoms with Crippen molar-refractivity contribution in [2.75, 3.05) is 24.7 Å². The normalized spacial score (nSPS) is 12.6. The SMILES string of the molecule is COc1cc(O)ccc1/C=C(\NC(=O)c1ccccc1)C(=O)Nc1ccc(SCCCN2C(=O)c3ccccc3C2=O)cc1. The van der Waals surface area contributed by atoms with E-state index in [4.69, 9.17) is 4.74 Å². The number of hydrogen-bond acceptors (Lipinski definition) is 7. The molecule has 222 valence electrons. The number of rotatable bonds is 11. The summed E-state index contributed by atoms with van der Waals surface area (Å²) in [6.45, 7) is 0.336. The number of carbonyl (C=O) groups excluding carboxylic acids is 4. The van der Waals surface area contributed by atoms with E-state index in [0.717, 1.165) is 4.90 Å². The van der Waals surface area contributed by atoms with Gasteiger partial charge in [0.2, 0.25) is 0 Å². The smallest absolute Gasteiger partial charge is 0.272 e. The molecule has 0 radical (unpaired) electrons. The molecule has 5 rings (SSSR count). The quantitative estimate of drug-likeness (QED) is 0.0879. The van der Waals surface area contributed by atoms with E-state index in [-0.39, 0.29) is 23.3 Å². The lowest BCUT2D eigenvalue weighted by Crippen LogP contribution is -2.31. The molecule has 0 spiro atoms. The van der Waals surface area contributed by atoms with E-state index in [1.165, 1.54) is 30.2 Å². The highest BCUT2D eigenvalue weighted by Crippen LogP contribution is 2.27. The lowest BCUT2D eigenvalue weighted by atomic mass is 10.1. The fourth-order valence-corrected chi connectivity index (χ4v) is 5.44. The Hall–Kier alpha value is -5.35. The van der Waals surface area contributed by atoms with Crippen LogP contribution in [0.5, 0.6) is 11.5 Å². The summed E-state index contributed by atoms with van der Waals surface area (Å²) in [6, 6.07) is 27.0. The number of amides is 4. The van der Waals surface area contributed by atoms with Crippen LogP contribution in [0.1, 0.15) is 43.1 Å². The van der Waals surface area contributed by atoms with E-state index < -0.39 is 11.8 Å². The van der Waals surface area contributed by atoms with Gasteiger partial charge < -0.3 is 20.5 Å². The first-order chi connectivity index (χ1) is 21.3. The number of carbonyl (C=O) groups is 4. The standard InChI is InChI=1S/C34H29N3O6S/c1-43-30-21-25(38)15-12-23(30)20-29(36-31(39)22-8-3-2-4-9-22)32(40)35-24-13-16-26(17-14-24)44-19-7-18-37-33(41)27-10-5-6-11-28(27)34(37)42/h2-6,8-17,20-21,38H,7,18-19H2,1H3,(H,35,40)(H,36,39)/b29-20-. The van der Waals surface area contributed by atoms with Crippen molar-refractivity contribution in [3.63, 3.8) is 0 Å². The van der Waals surface area contributed by atoms with Crippen LogP contribution >= 0.6 is 11.8 Å². The number of ether oxygens (including phenoxy) is 1. The Labute approximate surface area is 258 Å². The summed E-state index contributed by atoms with van der Waals surface area (Å²) in [5.74, 6) is -0.510. The Balaban J connectivity index is 1.21. The highest BCUT2D eigenvalue weighted by Gasteiger charge is 2.34. The topological polar surface area (TPSA) is 125 Å². The Morgan fingerprint density at radius 3 is 2.20 bits per heavy atom. The lowest BCUT2D eigenvalue weighted by molar-refractivity contribution is -0.113. The van der Waals surface area contributed by atoms with Crippen LogP contribution < -0.4 is 15.4 Å². The van der Waals surface area contributed by atoms with Crippen LogP contribution in [-0.4, -0.2) is 53.0 Å². The van der Waals surface area contributed by atoms with Gasteiger partial charge in [0.25, 0.3) is 23.6 Å². The first-order valence-corrected chi connectivity index (χ1v) is 14.8. The van der Waals surface area contributed by atoms with Crippen LogP contribution in [0.25, 0.3) is 6.08 Å². The van der Waals surface area contributed by atoms with Crippen LogP contribution in [0.15, 0.2) is 108 Å². The third-order valence-electron chi connectivity index (χ3n) is 6.83. The number of fused-ring (bicyclic) bond motifs is 1. The molecule has 3 N–H and O–H groups in total. The minimum atomic E-state index is -0.550. The van der Waals surface area contributed by atoms with Gasteiger partial charge in [-0.05, 0) is 78.9 Å². The molecule has 1 heterocycles. The maximum Gasteiger partial charge on any atom is 0.272 e. The number of nitrogens with one attached hydrogen (secondary N) is 2. The van der Waals surface area contributed by atoms with Crippen molar-refractivity contribution in [3.8, 4) is 11.5 Å². The maximum atomic E-state index is 13.4. The Morgan fingerprint density at radius 1 is 0.886 bits per heavy atom. The van der Waals surface area contributed by atoms with Gasteiger partial charge in [-0.25, -0.2) is 0 Å². The van der Waals surface area contributed by atoms with E-state index in [1.807, 2.05) is 12.1 Å². The average Bonchev–Trinajstić information content (AvgIpc) is 3.29. The number of anilines is 1. The molecule has 4 aromatic carbocycles. The largest absolute Gasteiger partial charge is 0.508 e. The van der Waals surface area contributed by atoms with Crippen molar-refractivity contribution in [2.24, 2.45) is 0 Å². The van der Waals surface area contributed by atoms with Crippen molar-refractivity contribution in [3.05, 3.63) is 125 Å². The van der Waals surface area contributed by atoms with Crippen LogP contribution in [0, 0.1) is 0 Å². The minimum Gasteiger partial charge on any atom is -0.508 e. The second kappa shape index (κ2) is 13.7. The number of nitrogens with zero attached hydrogens (tertiary/aromatic N) is 1. The van der Waals surface area contributed by atoms with Gasteiger partial charge >= 0.3 is 0 Å². The zero-order valence-electron chi connectivity index (χ0n) is 23.8. The molecule has 0 unspecified atom stereocenters. The molecule has 0 fully saturated rings. The van der Waals surface area contributed by atoms with Crippen LogP contribution in [-0.2, 0) is 4.79 Å². The number of imide groups is 1. The van der Waals surface area contributed by atoms with Gasteiger partial charge in [-0.2, -0.15) is 0 Å². The highest BCUT2D eigenvalue weighted by atomic mass is 32.2. The van der Waals surface area contributed by atoms with Gasteiger partial charge in [-0.1, -0.05) is 30.3 Å². The molecular weight excluding hydrogens is 578 g/mol. The Morgan fingerprint density at radius 2 is 1.55 bits per heavy atom. The van der Waals surface area contributed by atoms with Gasteiger partial charge in [-0.15, -0.1) is 11.8 Å². The van der Waals surface area contributed by atoms with Gasteiger partial charge in [0, 0.05) is 34.3 Å². The number of methoxy groups -OCH3 is 1. The number of aromatic hydroxyl groups is 1. The van der Waals surface area contributed by atoms with Crippen molar-refractivity contribution in [1.82, 2.24) is 10.2 Å². The van der Waals surface area contributed by atoms with Gasteiger partial charge in [-0.3, -0.25) is 24.1 Å². The number of phenolic OH excluding ortho intramolecular Hbond substituents is 1. The van der Waals surface area contributed by atoms with Crippen molar-refractivity contribution < 1.29 is 29.0 Å². The molecule has 1 aliphatic heterocycles. The molecule has 0 bridgehead atoms. The molecule has 0 atom stereocenters. The number of hydrogen-bond donors (Lipinski definition) is 3. The van der Waals surface area contributed by atoms with E-state index >= 15 is 0 Å². The Kier molecular flexibility index (Phi) is 9.41. The third kappa shape index (κ3) is 6.99. The fraction of sp³-hybridized carbons (Fsp3) is 0.118. The van der Waals surface area contributed by atoms with Crippen molar-refractivity contribution in [2.45, 2.75) is 11.3 Å². The molecule has 0 aliphatic carbocycles. The molecule has 4 amide bonds. The summed E-state index contributed by atoms with van der Waals surface area (Å²) in [5, 5.41) is 15.3. The van der Waals surface area contributed by atoms with Gasteiger partial charge in [0.15, 0.2) is 0 Å². The van der Waals surface area contributed by atoms with E-state index in [2.05, 4.69) is 10.6 Å². The zero-order chi connectivity index (χ0) is 31.1. The van der Waals surface area contributed by atoms with Crippen LogP contribution in [0.2, 0.25) is 0 Å². The minimum absolute atomic E-state index is 0.000116. The summed E-state index contributed by atoms with van der Waals surface area (Å²) in [6.07, 6.45) is 2.11. The molecular formula is C34H29N3O6S. The van der Waals surface area contributed by atoms with Gasteiger partial charge in [0.05, 0.1) is 18.2 Å². The number of benzene rings is 4. The maximum absolute atomic E-state index is 13.4. The predicted octanol–water partition coefficient (Wildman–Crippen LogP) is 5.59. The Bertz CT molecular complexity index is 1700. The second-order valence-electron chi connectivity index (χ2n) is 9.79. The third-order valence-corrected chi connectivity index (χ3v) is 7.93. The van der Waals surface area contributed by atoms with E-state index in [9.17, 15) is 24.3 Å². The zero-order valence-corrected chi connectivity index (χ0v) is 24.6. The monoisotopic (exact) mass is 607 g/mol. The summed E-state index contributed by atoms with van der Waals surface area (Å²) in [5.41, 5.74) is 2.26. The van der Waals surface area contributed by atoms with Crippen LogP contribution in [0.4, 0.5) is 5.69 Å². The van der Waals surface area contributed by atoms with Crippen molar-refractivity contribution in [1.29, 1.82) is 0 Å². The average molecular weight is 608 g/mol. The predicted molar refractivity (Wildman–Crippen MR) is 169 cm³/mol. The first-order valence-electron chi connectivity index (χ1n) is 13.8. The molecule has 44 heavy (non-hydrogen) atoms. The fourth-order valence-electron chi connectivity index (χ4n) is 4.60. The summed E-state index contributed by atoms with van der Waals surface area (Å²) < 4.78 is 5.34. The molecule has 0 saturated heterocycles. The van der Waals surface area contributed by atoms with E-state index in [1.54, 1.807) is 84.6 Å². The number of phenols is 1. The summed E-state index contributed by atoms with van der Waals surface area (Å²) >= 11 is 1.57. The van der Waals surface area contributed by atoms with Crippen LogP contribution in [0.3, 0.4) is 0 Å². The molecule has 1 aliphatic rings. The molecule has 4 aromatic rings. The summed E-state index contributed by atoms with van der Waals surface area (Å²) in [7, 11) is 1.44. The molecule has 0 saturated carbocycles. The van der Waals surface area contributed by atoms with E-state index in [0.29, 0.717) is 52.4 Å². The molecule has 9 nitrogen and oxygen atoms in total. The molecule has 0 aromatic heterocycles. The molecule has 10 heteroatoms. The first kappa shape index (κ1) is 30.1. The second-order valence-corrected chi connectivity index (χ2v) is 11.0. The summed E-state index contributed by atoms with van der Waals surface area (Å²) in [4.78, 5) is 53.6. The number of thioether (sulfide) groups is 1.